The quantitative estimate of drug-likeness (QED) is 0.761. The molecule has 2 bridgehead atoms. The molecule has 5 heterocycles. The number of hydrogen-bond acceptors (Lipinski definition) is 4. The van der Waals surface area contributed by atoms with E-state index in [9.17, 15) is 9.59 Å². The first-order valence-electron chi connectivity index (χ1n) is 9.97. The van der Waals surface area contributed by atoms with Crippen LogP contribution in [0.15, 0.2) is 36.7 Å². The largest absolute Gasteiger partial charge is 0.360 e. The van der Waals surface area contributed by atoms with Gasteiger partial charge in [0.2, 0.25) is 11.8 Å². The van der Waals surface area contributed by atoms with Gasteiger partial charge in [0, 0.05) is 32.0 Å². The zero-order valence-corrected chi connectivity index (χ0v) is 15.6. The van der Waals surface area contributed by atoms with Crippen LogP contribution in [0.3, 0.4) is 0 Å². The Morgan fingerprint density at radius 2 is 2.04 bits per heavy atom. The number of fused-ring (bicyclic) bond motifs is 1. The van der Waals surface area contributed by atoms with Gasteiger partial charge in [-0.3, -0.25) is 14.6 Å². The monoisotopic (exact) mass is 367 g/mol. The summed E-state index contributed by atoms with van der Waals surface area (Å²) in [6, 6.07) is 4.13. The normalized spacial score (nSPS) is 35.1. The van der Waals surface area contributed by atoms with Gasteiger partial charge in [0.25, 0.3) is 0 Å². The van der Waals surface area contributed by atoms with Crippen LogP contribution < -0.4 is 0 Å². The van der Waals surface area contributed by atoms with Gasteiger partial charge in [-0.1, -0.05) is 12.2 Å². The zero-order valence-electron chi connectivity index (χ0n) is 15.6. The predicted octanol–water partition coefficient (Wildman–Crippen LogP) is 1.59. The van der Waals surface area contributed by atoms with Crippen LogP contribution in [0.2, 0.25) is 0 Å². The molecule has 0 N–H and O–H groups in total. The van der Waals surface area contributed by atoms with E-state index in [1.807, 2.05) is 41.3 Å². The molecular weight excluding hydrogens is 342 g/mol. The number of likely N-dealkylation sites (N-methyl/N-ethyl adjacent to an activating group) is 1. The van der Waals surface area contributed by atoms with E-state index in [1.54, 1.807) is 0 Å². The van der Waals surface area contributed by atoms with Crippen molar-refractivity contribution in [3.63, 3.8) is 0 Å². The molecule has 0 radical (unpaired) electrons. The minimum absolute atomic E-state index is 0.0781. The summed E-state index contributed by atoms with van der Waals surface area (Å²) in [5.74, 6) is -0.0669. The first-order chi connectivity index (χ1) is 13.1. The standard InChI is InChI=1S/C21H25N3O3/c1-2-23-13-21-8-3-16(27-21)17(18(21)20(23)26)19(25)24-11-6-15(7-12-24)14-4-9-22-10-5-14/h3-5,8-10,15-18H,2,6-7,11-13H2,1H3/t16-,17+,18+,21-/m1/s1. The summed E-state index contributed by atoms with van der Waals surface area (Å²) < 4.78 is 6.17. The average Bonchev–Trinajstić information content (AvgIpc) is 3.36. The molecule has 5 rings (SSSR count). The van der Waals surface area contributed by atoms with Crippen LogP contribution in [0, 0.1) is 11.8 Å². The molecule has 0 aromatic carbocycles. The predicted molar refractivity (Wildman–Crippen MR) is 98.8 cm³/mol. The first-order valence-corrected chi connectivity index (χ1v) is 9.97. The van der Waals surface area contributed by atoms with Gasteiger partial charge in [0.05, 0.1) is 24.5 Å². The lowest BCUT2D eigenvalue weighted by molar-refractivity contribution is -0.144. The molecule has 27 heavy (non-hydrogen) atoms. The van der Waals surface area contributed by atoms with Crippen molar-refractivity contribution in [3.8, 4) is 0 Å². The number of ether oxygens (including phenoxy) is 1. The minimum Gasteiger partial charge on any atom is -0.360 e. The molecular formula is C21H25N3O3. The molecule has 6 nitrogen and oxygen atoms in total. The number of pyridine rings is 1. The maximum Gasteiger partial charge on any atom is 0.230 e. The van der Waals surface area contributed by atoms with Crippen molar-refractivity contribution in [3.05, 3.63) is 42.2 Å². The van der Waals surface area contributed by atoms with Crippen molar-refractivity contribution < 1.29 is 14.3 Å². The van der Waals surface area contributed by atoms with Gasteiger partial charge >= 0.3 is 0 Å². The number of nitrogens with zero attached hydrogens (tertiary/aromatic N) is 3. The van der Waals surface area contributed by atoms with Crippen LogP contribution in [0.4, 0.5) is 0 Å². The lowest BCUT2D eigenvalue weighted by Crippen LogP contribution is -2.48. The van der Waals surface area contributed by atoms with Crippen LogP contribution in [0.5, 0.6) is 0 Å². The fourth-order valence-electron chi connectivity index (χ4n) is 5.41. The smallest absolute Gasteiger partial charge is 0.230 e. The van der Waals surface area contributed by atoms with Crippen LogP contribution >= 0.6 is 0 Å². The molecule has 0 saturated carbocycles. The Morgan fingerprint density at radius 3 is 2.74 bits per heavy atom. The van der Waals surface area contributed by atoms with Crippen molar-refractivity contribution in [1.82, 2.24) is 14.8 Å². The van der Waals surface area contributed by atoms with Crippen LogP contribution in [-0.2, 0) is 14.3 Å². The molecule has 142 valence electrons. The summed E-state index contributed by atoms with van der Waals surface area (Å²) in [4.78, 5) is 34.1. The maximum absolute atomic E-state index is 13.3. The molecule has 4 aliphatic rings. The Balaban J connectivity index is 1.31. The molecule has 4 aliphatic heterocycles. The number of carbonyl (C=O) groups is 2. The van der Waals surface area contributed by atoms with Crippen LogP contribution in [0.25, 0.3) is 0 Å². The fourth-order valence-corrected chi connectivity index (χ4v) is 5.41. The highest BCUT2D eigenvalue weighted by Crippen LogP contribution is 2.52. The number of likely N-dealkylation sites (tertiary alicyclic amines) is 2. The van der Waals surface area contributed by atoms with E-state index >= 15 is 0 Å². The zero-order chi connectivity index (χ0) is 18.6. The van der Waals surface area contributed by atoms with Gasteiger partial charge in [0.1, 0.15) is 5.60 Å². The molecule has 1 spiro atoms. The molecule has 0 aliphatic carbocycles. The maximum atomic E-state index is 13.3. The topological polar surface area (TPSA) is 62.7 Å². The summed E-state index contributed by atoms with van der Waals surface area (Å²) in [6.07, 6.45) is 9.34. The second-order valence-electron chi connectivity index (χ2n) is 8.13. The number of piperidine rings is 1. The van der Waals surface area contributed by atoms with Crippen molar-refractivity contribution in [1.29, 1.82) is 0 Å². The summed E-state index contributed by atoms with van der Waals surface area (Å²) >= 11 is 0. The molecule has 2 amide bonds. The van der Waals surface area contributed by atoms with E-state index in [2.05, 4.69) is 17.1 Å². The molecule has 3 saturated heterocycles. The van der Waals surface area contributed by atoms with E-state index in [1.165, 1.54) is 5.56 Å². The van der Waals surface area contributed by atoms with E-state index < -0.39 is 5.60 Å². The Hall–Kier alpha value is -2.21. The highest BCUT2D eigenvalue weighted by atomic mass is 16.5. The van der Waals surface area contributed by atoms with Gasteiger partial charge in [-0.25, -0.2) is 0 Å². The van der Waals surface area contributed by atoms with Crippen molar-refractivity contribution in [2.24, 2.45) is 11.8 Å². The minimum atomic E-state index is -0.576. The SMILES string of the molecule is CCN1C[C@@]23C=C[C@@H](O2)[C@H](C(=O)N2CCC(c4ccncc4)CC2)[C@H]3C1=O. The van der Waals surface area contributed by atoms with E-state index in [0.29, 0.717) is 19.0 Å². The molecule has 4 atom stereocenters. The number of hydrogen-bond donors (Lipinski definition) is 0. The number of aromatic nitrogens is 1. The molecule has 6 heteroatoms. The number of carbonyl (C=O) groups excluding carboxylic acids is 2. The Labute approximate surface area is 159 Å². The van der Waals surface area contributed by atoms with Crippen molar-refractivity contribution in [2.75, 3.05) is 26.2 Å². The van der Waals surface area contributed by atoms with Gasteiger partial charge in [-0.2, -0.15) is 0 Å². The third-order valence-electron chi connectivity index (χ3n) is 6.83. The van der Waals surface area contributed by atoms with E-state index in [4.69, 9.17) is 4.74 Å². The van der Waals surface area contributed by atoms with E-state index in [-0.39, 0.29) is 29.8 Å². The summed E-state index contributed by atoms with van der Waals surface area (Å²) in [6.45, 7) is 4.70. The fraction of sp³-hybridized carbons (Fsp3) is 0.571. The van der Waals surface area contributed by atoms with E-state index in [0.717, 1.165) is 25.9 Å². The molecule has 3 fully saturated rings. The van der Waals surface area contributed by atoms with Crippen LogP contribution in [0.1, 0.15) is 31.2 Å². The van der Waals surface area contributed by atoms with Gasteiger partial charge in [0.15, 0.2) is 0 Å². The number of rotatable bonds is 3. The highest BCUT2D eigenvalue weighted by molar-refractivity contribution is 5.93. The van der Waals surface area contributed by atoms with Crippen molar-refractivity contribution in [2.45, 2.75) is 37.4 Å². The highest BCUT2D eigenvalue weighted by Gasteiger charge is 2.67. The molecule has 1 aromatic heterocycles. The molecule has 0 unspecified atom stereocenters. The lowest BCUT2D eigenvalue weighted by atomic mass is 9.76. The Kier molecular flexibility index (Phi) is 3.86. The Bertz CT molecular complexity index is 787. The summed E-state index contributed by atoms with van der Waals surface area (Å²) in [5, 5.41) is 0. The third-order valence-corrected chi connectivity index (χ3v) is 6.83. The Morgan fingerprint density at radius 1 is 1.30 bits per heavy atom. The number of amides is 2. The lowest BCUT2D eigenvalue weighted by Gasteiger charge is -2.35. The van der Waals surface area contributed by atoms with Gasteiger partial charge in [-0.15, -0.1) is 0 Å². The summed E-state index contributed by atoms with van der Waals surface area (Å²) in [5.41, 5.74) is 0.722. The summed E-state index contributed by atoms with van der Waals surface area (Å²) in [7, 11) is 0. The van der Waals surface area contributed by atoms with Gasteiger partial charge in [-0.05, 0) is 43.4 Å². The van der Waals surface area contributed by atoms with Crippen molar-refractivity contribution >= 4 is 11.8 Å². The average molecular weight is 367 g/mol. The second kappa shape index (κ2) is 6.16. The third kappa shape index (κ3) is 2.46. The molecule has 1 aromatic rings. The second-order valence-corrected chi connectivity index (χ2v) is 8.13. The first kappa shape index (κ1) is 16.9. The van der Waals surface area contributed by atoms with Gasteiger partial charge < -0.3 is 14.5 Å². The van der Waals surface area contributed by atoms with Crippen LogP contribution in [-0.4, -0.2) is 64.5 Å².